The summed E-state index contributed by atoms with van der Waals surface area (Å²) in [5, 5.41) is 0. The van der Waals surface area contributed by atoms with E-state index in [4.69, 9.17) is 9.47 Å². The molecule has 116 valence electrons. The molecule has 0 aromatic heterocycles. The maximum absolute atomic E-state index is 5.86. The highest BCUT2D eigenvalue weighted by Gasteiger charge is 2.01. The lowest BCUT2D eigenvalue weighted by Crippen LogP contribution is -1.95. The molecule has 0 N–H and O–H groups in total. The van der Waals surface area contributed by atoms with Gasteiger partial charge in [-0.1, -0.05) is 53.6 Å². The van der Waals surface area contributed by atoms with Crippen LogP contribution in [-0.2, 0) is 6.61 Å². The summed E-state index contributed by atoms with van der Waals surface area (Å²) in [4.78, 5) is 0. The predicted octanol–water partition coefficient (Wildman–Crippen LogP) is 5.67. The third kappa shape index (κ3) is 4.36. The van der Waals surface area contributed by atoms with Crippen LogP contribution in [0.5, 0.6) is 17.2 Å². The van der Waals surface area contributed by atoms with Gasteiger partial charge in [-0.3, -0.25) is 0 Å². The van der Waals surface area contributed by atoms with Crippen molar-refractivity contribution in [2.45, 2.75) is 20.5 Å². The zero-order valence-corrected chi connectivity index (χ0v) is 13.5. The van der Waals surface area contributed by atoms with E-state index in [9.17, 15) is 0 Å². The van der Waals surface area contributed by atoms with Gasteiger partial charge in [-0.25, -0.2) is 0 Å². The number of rotatable bonds is 5. The van der Waals surface area contributed by atoms with E-state index in [1.54, 1.807) is 0 Å². The Morgan fingerprint density at radius 2 is 1.26 bits per heavy atom. The zero-order chi connectivity index (χ0) is 16.1. The van der Waals surface area contributed by atoms with Crippen molar-refractivity contribution in [1.29, 1.82) is 0 Å². The molecule has 0 spiro atoms. The Labute approximate surface area is 137 Å². The Balaban J connectivity index is 1.65. The van der Waals surface area contributed by atoms with Gasteiger partial charge >= 0.3 is 0 Å². The van der Waals surface area contributed by atoms with Crippen molar-refractivity contribution in [3.8, 4) is 17.2 Å². The van der Waals surface area contributed by atoms with E-state index >= 15 is 0 Å². The highest BCUT2D eigenvalue weighted by molar-refractivity contribution is 5.37. The minimum atomic E-state index is 0.550. The van der Waals surface area contributed by atoms with Gasteiger partial charge in [0.2, 0.25) is 0 Å². The van der Waals surface area contributed by atoms with Crippen LogP contribution in [0.15, 0.2) is 72.8 Å². The Hall–Kier alpha value is -2.74. The average Bonchev–Trinajstić information content (AvgIpc) is 2.57. The van der Waals surface area contributed by atoms with E-state index in [0.717, 1.165) is 22.8 Å². The van der Waals surface area contributed by atoms with Gasteiger partial charge < -0.3 is 9.47 Å². The van der Waals surface area contributed by atoms with Gasteiger partial charge in [0, 0.05) is 6.07 Å². The Morgan fingerprint density at radius 1 is 0.652 bits per heavy atom. The fourth-order valence-electron chi connectivity index (χ4n) is 2.22. The first kappa shape index (κ1) is 15.2. The molecule has 23 heavy (non-hydrogen) atoms. The summed E-state index contributed by atoms with van der Waals surface area (Å²) < 4.78 is 11.7. The van der Waals surface area contributed by atoms with E-state index in [1.165, 1.54) is 11.1 Å². The van der Waals surface area contributed by atoms with Crippen molar-refractivity contribution in [3.05, 3.63) is 89.5 Å². The van der Waals surface area contributed by atoms with Crippen LogP contribution < -0.4 is 9.47 Å². The summed E-state index contributed by atoms with van der Waals surface area (Å²) in [6.45, 7) is 4.69. The monoisotopic (exact) mass is 304 g/mol. The Kier molecular flexibility index (Phi) is 4.62. The SMILES string of the molecule is Cc1ccc(COc2cccc(Oc3ccc(C)cc3)c2)cc1. The van der Waals surface area contributed by atoms with E-state index in [1.807, 2.05) is 48.5 Å². The number of benzene rings is 3. The highest BCUT2D eigenvalue weighted by Crippen LogP contribution is 2.26. The molecular formula is C21H20O2. The van der Waals surface area contributed by atoms with Gasteiger partial charge in [-0.15, -0.1) is 0 Å². The van der Waals surface area contributed by atoms with Crippen molar-refractivity contribution in [2.24, 2.45) is 0 Å². The highest BCUT2D eigenvalue weighted by atomic mass is 16.5. The van der Waals surface area contributed by atoms with Crippen molar-refractivity contribution in [1.82, 2.24) is 0 Å². The molecule has 2 nitrogen and oxygen atoms in total. The molecule has 3 aromatic rings. The molecule has 0 amide bonds. The third-order valence-electron chi connectivity index (χ3n) is 3.59. The maximum atomic E-state index is 5.86. The minimum absolute atomic E-state index is 0.550. The van der Waals surface area contributed by atoms with Crippen LogP contribution >= 0.6 is 0 Å². The summed E-state index contributed by atoms with van der Waals surface area (Å²) in [7, 11) is 0. The molecule has 0 saturated carbocycles. The third-order valence-corrected chi connectivity index (χ3v) is 3.59. The molecule has 0 atom stereocenters. The van der Waals surface area contributed by atoms with Gasteiger partial charge in [0.15, 0.2) is 0 Å². The van der Waals surface area contributed by atoms with Gasteiger partial charge in [-0.05, 0) is 43.7 Å². The van der Waals surface area contributed by atoms with Crippen molar-refractivity contribution >= 4 is 0 Å². The average molecular weight is 304 g/mol. The topological polar surface area (TPSA) is 18.5 Å². The molecule has 3 rings (SSSR count). The van der Waals surface area contributed by atoms with Crippen molar-refractivity contribution in [3.63, 3.8) is 0 Å². The molecule has 0 aliphatic rings. The van der Waals surface area contributed by atoms with Crippen LogP contribution in [0.1, 0.15) is 16.7 Å². The predicted molar refractivity (Wildman–Crippen MR) is 93.2 cm³/mol. The molecule has 0 saturated heterocycles. The molecule has 0 radical (unpaired) electrons. The van der Waals surface area contributed by atoms with Crippen LogP contribution in [0, 0.1) is 13.8 Å². The quantitative estimate of drug-likeness (QED) is 0.604. The number of hydrogen-bond donors (Lipinski definition) is 0. The molecular weight excluding hydrogens is 284 g/mol. The van der Waals surface area contributed by atoms with Gasteiger partial charge in [0.25, 0.3) is 0 Å². The van der Waals surface area contributed by atoms with Gasteiger partial charge in [-0.2, -0.15) is 0 Å². The summed E-state index contributed by atoms with van der Waals surface area (Å²) in [5.41, 5.74) is 3.62. The van der Waals surface area contributed by atoms with Gasteiger partial charge in [0.05, 0.1) is 0 Å². The Bertz CT molecular complexity index is 759. The second kappa shape index (κ2) is 7.01. The van der Waals surface area contributed by atoms with Crippen molar-refractivity contribution < 1.29 is 9.47 Å². The van der Waals surface area contributed by atoms with E-state index in [2.05, 4.69) is 38.1 Å². The van der Waals surface area contributed by atoms with E-state index in [0.29, 0.717) is 6.61 Å². The Morgan fingerprint density at radius 3 is 1.96 bits per heavy atom. The summed E-state index contributed by atoms with van der Waals surface area (Å²) >= 11 is 0. The first-order valence-corrected chi connectivity index (χ1v) is 7.72. The minimum Gasteiger partial charge on any atom is -0.489 e. The molecule has 0 heterocycles. The second-order valence-electron chi connectivity index (χ2n) is 5.66. The van der Waals surface area contributed by atoms with Crippen LogP contribution in [-0.4, -0.2) is 0 Å². The molecule has 2 heteroatoms. The standard InChI is InChI=1S/C21H20O2/c1-16-6-10-18(11-7-16)15-22-20-4-3-5-21(14-20)23-19-12-8-17(2)9-13-19/h3-14H,15H2,1-2H3. The molecule has 0 aliphatic carbocycles. The van der Waals surface area contributed by atoms with Crippen LogP contribution in [0.3, 0.4) is 0 Å². The van der Waals surface area contributed by atoms with Crippen LogP contribution in [0.2, 0.25) is 0 Å². The lowest BCUT2D eigenvalue weighted by atomic mass is 10.2. The molecule has 0 aliphatic heterocycles. The summed E-state index contributed by atoms with van der Waals surface area (Å²) in [6.07, 6.45) is 0. The lowest BCUT2D eigenvalue weighted by Gasteiger charge is -2.10. The van der Waals surface area contributed by atoms with E-state index in [-0.39, 0.29) is 0 Å². The van der Waals surface area contributed by atoms with Crippen LogP contribution in [0.4, 0.5) is 0 Å². The summed E-state index contributed by atoms with van der Waals surface area (Å²) in [6, 6.07) is 24.1. The lowest BCUT2D eigenvalue weighted by molar-refractivity contribution is 0.304. The molecule has 0 fully saturated rings. The second-order valence-corrected chi connectivity index (χ2v) is 5.66. The van der Waals surface area contributed by atoms with E-state index < -0.39 is 0 Å². The molecule has 0 unspecified atom stereocenters. The first-order valence-electron chi connectivity index (χ1n) is 7.72. The molecule has 0 bridgehead atoms. The number of ether oxygens (including phenoxy) is 2. The van der Waals surface area contributed by atoms with Gasteiger partial charge in [0.1, 0.15) is 23.9 Å². The molecule has 3 aromatic carbocycles. The summed E-state index contributed by atoms with van der Waals surface area (Å²) in [5.74, 6) is 2.40. The number of hydrogen-bond acceptors (Lipinski definition) is 2. The number of aryl methyl sites for hydroxylation is 2. The largest absolute Gasteiger partial charge is 0.489 e. The van der Waals surface area contributed by atoms with Crippen LogP contribution in [0.25, 0.3) is 0 Å². The zero-order valence-electron chi connectivity index (χ0n) is 13.5. The fraction of sp³-hybridized carbons (Fsp3) is 0.143. The fourth-order valence-corrected chi connectivity index (χ4v) is 2.22. The normalized spacial score (nSPS) is 10.3. The first-order chi connectivity index (χ1) is 11.2. The van der Waals surface area contributed by atoms with Crippen molar-refractivity contribution in [2.75, 3.05) is 0 Å². The smallest absolute Gasteiger partial charge is 0.131 e. The maximum Gasteiger partial charge on any atom is 0.131 e.